The van der Waals surface area contributed by atoms with Crippen LogP contribution in [0.5, 0.6) is 0 Å². The van der Waals surface area contributed by atoms with Crippen LogP contribution in [0.4, 0.5) is 4.39 Å². The van der Waals surface area contributed by atoms with E-state index >= 15 is 0 Å². The third-order valence-electron chi connectivity index (χ3n) is 3.02. The first-order chi connectivity index (χ1) is 10.7. The second kappa shape index (κ2) is 7.79. The maximum absolute atomic E-state index is 12.8. The van der Waals surface area contributed by atoms with E-state index in [9.17, 15) is 9.18 Å². The van der Waals surface area contributed by atoms with Crippen molar-refractivity contribution in [3.63, 3.8) is 0 Å². The van der Waals surface area contributed by atoms with Gasteiger partial charge >= 0.3 is 0 Å². The van der Waals surface area contributed by atoms with E-state index in [4.69, 9.17) is 9.68 Å². The summed E-state index contributed by atoms with van der Waals surface area (Å²) in [4.78, 5) is 13.8. The van der Waals surface area contributed by atoms with Crippen LogP contribution in [0.2, 0.25) is 0 Å². The molecule has 112 valence electrons. The lowest BCUT2D eigenvalue weighted by Gasteiger charge is -2.18. The fraction of sp³-hybridized carbons (Fsp3) is 0.176. The van der Waals surface area contributed by atoms with Crippen molar-refractivity contribution >= 4 is 12.0 Å². The maximum atomic E-state index is 12.8. The first kappa shape index (κ1) is 15.5. The van der Waals surface area contributed by atoms with Crippen molar-refractivity contribution in [3.8, 4) is 6.07 Å². The molecule has 0 fully saturated rings. The Bertz CT molecular complexity index is 670. The van der Waals surface area contributed by atoms with Crippen LogP contribution in [-0.2, 0) is 11.3 Å². The van der Waals surface area contributed by atoms with Gasteiger partial charge in [0.1, 0.15) is 11.6 Å². The molecule has 2 rings (SSSR count). The lowest BCUT2D eigenvalue weighted by atomic mass is 10.2. The highest BCUT2D eigenvalue weighted by atomic mass is 19.1. The predicted octanol–water partition coefficient (Wildman–Crippen LogP) is 3.37. The highest BCUT2D eigenvalue weighted by molar-refractivity contribution is 5.91. The summed E-state index contributed by atoms with van der Waals surface area (Å²) in [6.07, 6.45) is 4.81. The van der Waals surface area contributed by atoms with Gasteiger partial charge in [0, 0.05) is 12.6 Å². The van der Waals surface area contributed by atoms with E-state index < -0.39 is 0 Å². The summed E-state index contributed by atoms with van der Waals surface area (Å²) in [6, 6.07) is 11.4. The van der Waals surface area contributed by atoms with E-state index in [1.807, 2.05) is 6.07 Å². The molecule has 4 nitrogen and oxygen atoms in total. The maximum Gasteiger partial charge on any atom is 0.247 e. The number of hydrogen-bond donors (Lipinski definition) is 0. The third-order valence-corrected chi connectivity index (χ3v) is 3.02. The Morgan fingerprint density at radius 1 is 1.32 bits per heavy atom. The molecule has 0 N–H and O–H groups in total. The van der Waals surface area contributed by atoms with Crippen molar-refractivity contribution in [2.45, 2.75) is 13.0 Å². The van der Waals surface area contributed by atoms with Crippen LogP contribution >= 0.6 is 0 Å². The van der Waals surface area contributed by atoms with Crippen LogP contribution in [0.25, 0.3) is 6.08 Å². The molecule has 2 aromatic rings. The average molecular weight is 298 g/mol. The quantitative estimate of drug-likeness (QED) is 0.768. The van der Waals surface area contributed by atoms with Gasteiger partial charge < -0.3 is 9.32 Å². The van der Waals surface area contributed by atoms with Crippen LogP contribution in [0.1, 0.15) is 17.7 Å². The molecule has 22 heavy (non-hydrogen) atoms. The zero-order valence-electron chi connectivity index (χ0n) is 11.9. The fourth-order valence-electron chi connectivity index (χ4n) is 1.89. The van der Waals surface area contributed by atoms with Crippen LogP contribution in [0.3, 0.4) is 0 Å². The van der Waals surface area contributed by atoms with Crippen molar-refractivity contribution in [1.82, 2.24) is 4.90 Å². The van der Waals surface area contributed by atoms with E-state index in [0.717, 1.165) is 5.56 Å². The lowest BCUT2D eigenvalue weighted by molar-refractivity contribution is -0.126. The number of benzene rings is 1. The van der Waals surface area contributed by atoms with Crippen molar-refractivity contribution < 1.29 is 13.6 Å². The zero-order chi connectivity index (χ0) is 15.8. The SMILES string of the molecule is N#CCCN(Cc1ccco1)C(=O)C=Cc1ccc(F)cc1. The summed E-state index contributed by atoms with van der Waals surface area (Å²) in [7, 11) is 0. The Morgan fingerprint density at radius 3 is 2.73 bits per heavy atom. The van der Waals surface area contributed by atoms with Gasteiger partial charge in [-0.2, -0.15) is 5.26 Å². The summed E-state index contributed by atoms with van der Waals surface area (Å²) in [5.41, 5.74) is 0.730. The monoisotopic (exact) mass is 298 g/mol. The topological polar surface area (TPSA) is 57.2 Å². The minimum atomic E-state index is -0.322. The molecular weight excluding hydrogens is 283 g/mol. The van der Waals surface area contributed by atoms with Gasteiger partial charge in [-0.25, -0.2) is 4.39 Å². The van der Waals surface area contributed by atoms with E-state index in [-0.39, 0.29) is 18.1 Å². The highest BCUT2D eigenvalue weighted by Crippen LogP contribution is 2.09. The van der Waals surface area contributed by atoms with Gasteiger partial charge in [-0.05, 0) is 35.9 Å². The number of furan rings is 1. The highest BCUT2D eigenvalue weighted by Gasteiger charge is 2.12. The molecule has 0 aliphatic rings. The molecule has 1 heterocycles. The van der Waals surface area contributed by atoms with Gasteiger partial charge in [-0.15, -0.1) is 0 Å². The summed E-state index contributed by atoms with van der Waals surface area (Å²) in [6.45, 7) is 0.630. The number of rotatable bonds is 6. The van der Waals surface area contributed by atoms with Gasteiger partial charge in [0.15, 0.2) is 0 Å². The molecule has 5 heteroatoms. The number of halogens is 1. The smallest absolute Gasteiger partial charge is 0.247 e. The van der Waals surface area contributed by atoms with Crippen molar-refractivity contribution in [2.75, 3.05) is 6.54 Å². The molecule has 0 saturated carbocycles. The fourth-order valence-corrected chi connectivity index (χ4v) is 1.89. The zero-order valence-corrected chi connectivity index (χ0v) is 11.9. The summed E-state index contributed by atoms with van der Waals surface area (Å²) in [5.74, 6) is 0.106. The predicted molar refractivity (Wildman–Crippen MR) is 79.8 cm³/mol. The molecule has 1 aromatic heterocycles. The van der Waals surface area contributed by atoms with E-state index in [1.54, 1.807) is 30.3 Å². The largest absolute Gasteiger partial charge is 0.467 e. The van der Waals surface area contributed by atoms with Gasteiger partial charge in [0.2, 0.25) is 5.91 Å². The number of hydrogen-bond acceptors (Lipinski definition) is 3. The molecule has 0 aliphatic heterocycles. The normalized spacial score (nSPS) is 10.5. The second-order valence-corrected chi connectivity index (χ2v) is 4.63. The Balaban J connectivity index is 2.04. The summed E-state index contributed by atoms with van der Waals surface area (Å²) < 4.78 is 18.1. The van der Waals surface area contributed by atoms with Gasteiger partial charge in [-0.3, -0.25) is 4.79 Å². The number of amides is 1. The van der Waals surface area contributed by atoms with Crippen LogP contribution in [-0.4, -0.2) is 17.4 Å². The van der Waals surface area contributed by atoms with E-state index in [2.05, 4.69) is 0 Å². The minimum Gasteiger partial charge on any atom is -0.467 e. The first-order valence-corrected chi connectivity index (χ1v) is 6.81. The van der Waals surface area contributed by atoms with Crippen molar-refractivity contribution in [1.29, 1.82) is 5.26 Å². The Morgan fingerprint density at radius 2 is 2.09 bits per heavy atom. The Kier molecular flexibility index (Phi) is 5.50. The first-order valence-electron chi connectivity index (χ1n) is 6.81. The second-order valence-electron chi connectivity index (χ2n) is 4.63. The molecule has 0 aliphatic carbocycles. The molecule has 0 radical (unpaired) electrons. The number of carbonyl (C=O) groups excluding carboxylic acids is 1. The van der Waals surface area contributed by atoms with Crippen molar-refractivity contribution in [2.24, 2.45) is 0 Å². The molecule has 1 amide bonds. The molecule has 1 aromatic carbocycles. The third kappa shape index (κ3) is 4.60. The summed E-state index contributed by atoms with van der Waals surface area (Å²) >= 11 is 0. The molecule has 0 bridgehead atoms. The average Bonchev–Trinajstić information content (AvgIpc) is 3.03. The number of nitrogens with zero attached hydrogens (tertiary/aromatic N) is 2. The molecule has 0 saturated heterocycles. The molecule has 0 spiro atoms. The summed E-state index contributed by atoms with van der Waals surface area (Å²) in [5, 5.41) is 8.69. The van der Waals surface area contributed by atoms with Gasteiger partial charge in [0.25, 0.3) is 0 Å². The lowest BCUT2D eigenvalue weighted by Crippen LogP contribution is -2.29. The van der Waals surface area contributed by atoms with Crippen LogP contribution in [0.15, 0.2) is 53.2 Å². The van der Waals surface area contributed by atoms with Crippen LogP contribution in [0, 0.1) is 17.1 Å². The minimum absolute atomic E-state index is 0.226. The number of nitriles is 1. The Labute approximate surface area is 128 Å². The van der Waals surface area contributed by atoms with Gasteiger partial charge in [0.05, 0.1) is 25.3 Å². The Hall–Kier alpha value is -2.87. The van der Waals surface area contributed by atoms with Crippen molar-refractivity contribution in [3.05, 3.63) is 65.9 Å². The van der Waals surface area contributed by atoms with E-state index in [0.29, 0.717) is 18.8 Å². The molecular formula is C17H15FN2O2. The van der Waals surface area contributed by atoms with Crippen LogP contribution < -0.4 is 0 Å². The number of carbonyl (C=O) groups is 1. The molecule has 0 unspecified atom stereocenters. The van der Waals surface area contributed by atoms with Gasteiger partial charge in [-0.1, -0.05) is 12.1 Å². The van der Waals surface area contributed by atoms with E-state index in [1.165, 1.54) is 29.4 Å². The standard InChI is InChI=1S/C17H15FN2O2/c18-15-7-4-14(5-8-15)6-9-17(21)20(11-2-10-19)13-16-3-1-12-22-16/h1,3-9,12H,2,11,13H2. The molecule has 0 atom stereocenters.